The summed E-state index contributed by atoms with van der Waals surface area (Å²) in [6.07, 6.45) is 11.3. The minimum absolute atomic E-state index is 0.0825. The maximum Gasteiger partial charge on any atom is 0.184 e. The van der Waals surface area contributed by atoms with Gasteiger partial charge in [0.15, 0.2) is 33.3 Å². The SMILES string of the molecule is CO/N=C1\C=CC2(C)C(=C1)[C@@H](C)CC1C2C(O[Si](C)(C)C)CC2(C)C1CC[C@]2(O[Si](C)(C)C)C(CO[Si](C)(C)C)O[Si](C)(C)C. The summed E-state index contributed by atoms with van der Waals surface area (Å²) in [4.78, 5) is 5.20. The van der Waals surface area contributed by atoms with Crippen LogP contribution in [0.1, 0.15) is 46.5 Å². The van der Waals surface area contributed by atoms with E-state index in [1.165, 1.54) is 18.4 Å². The van der Waals surface area contributed by atoms with Gasteiger partial charge in [-0.25, -0.2) is 0 Å². The van der Waals surface area contributed by atoms with Gasteiger partial charge < -0.3 is 22.5 Å². The average Bonchev–Trinajstić information content (AvgIpc) is 3.11. The van der Waals surface area contributed by atoms with Crippen LogP contribution in [-0.4, -0.2) is 70.5 Å². The molecule has 10 heteroatoms. The van der Waals surface area contributed by atoms with Gasteiger partial charge in [-0.2, -0.15) is 0 Å². The van der Waals surface area contributed by atoms with E-state index in [1.54, 1.807) is 7.11 Å². The highest BCUT2D eigenvalue weighted by Crippen LogP contribution is 2.70. The van der Waals surface area contributed by atoms with Gasteiger partial charge >= 0.3 is 0 Å². The van der Waals surface area contributed by atoms with Crippen molar-refractivity contribution in [3.05, 3.63) is 23.8 Å². The highest BCUT2D eigenvalue weighted by Gasteiger charge is 2.70. The minimum Gasteiger partial charge on any atom is -0.415 e. The standard InChI is InChI=1S/C35H67NO5Si4/c1-25-21-27-28-18-20-35(41-45(14,15)16,31(40-44(11,12)13)24-38-42(5,6)7)34(28,3)23-30(39-43(8,9)10)32(27)33(2)19-17-26(36-37-4)22-29(25)33/h17,19,22,25,27-28,30-32H,18,20-21,23-24H2,1-16H3/b36-26+/t25-,27?,28?,30?,31?,32?,33?,34?,35-/m0/s1. The van der Waals surface area contributed by atoms with Gasteiger partial charge in [0.25, 0.3) is 0 Å². The molecule has 4 aliphatic rings. The fraction of sp³-hybridized carbons (Fsp3) is 0.857. The van der Waals surface area contributed by atoms with Gasteiger partial charge in [-0.15, -0.1) is 0 Å². The van der Waals surface area contributed by atoms with Crippen molar-refractivity contribution in [1.29, 1.82) is 0 Å². The number of nitrogens with zero attached hydrogens (tertiary/aromatic N) is 1. The Balaban J connectivity index is 1.90. The third-order valence-corrected chi connectivity index (χ3v) is 14.9. The summed E-state index contributed by atoms with van der Waals surface area (Å²) in [6.45, 7) is 36.2. The second kappa shape index (κ2) is 12.5. The van der Waals surface area contributed by atoms with Crippen molar-refractivity contribution in [1.82, 2.24) is 0 Å². The van der Waals surface area contributed by atoms with Crippen LogP contribution >= 0.6 is 0 Å². The molecule has 0 amide bonds. The number of oxime groups is 1. The molecule has 0 aromatic carbocycles. The summed E-state index contributed by atoms with van der Waals surface area (Å²) in [5, 5.41) is 4.32. The summed E-state index contributed by atoms with van der Waals surface area (Å²) in [7, 11) is -5.99. The van der Waals surface area contributed by atoms with E-state index in [0.29, 0.717) is 30.3 Å². The largest absolute Gasteiger partial charge is 0.415 e. The second-order valence-corrected chi connectivity index (χ2v) is 36.9. The van der Waals surface area contributed by atoms with Crippen LogP contribution < -0.4 is 0 Å². The zero-order valence-electron chi connectivity index (χ0n) is 31.7. The van der Waals surface area contributed by atoms with Crippen LogP contribution in [0.5, 0.6) is 0 Å². The molecule has 0 spiro atoms. The monoisotopic (exact) mass is 693 g/mol. The van der Waals surface area contributed by atoms with E-state index in [-0.39, 0.29) is 23.0 Å². The molecule has 0 aromatic heterocycles. The Kier molecular flexibility index (Phi) is 10.4. The van der Waals surface area contributed by atoms with Gasteiger partial charge in [-0.1, -0.05) is 37.6 Å². The van der Waals surface area contributed by atoms with Crippen LogP contribution in [0.4, 0.5) is 0 Å². The number of allylic oxidation sites excluding steroid dienone is 4. The van der Waals surface area contributed by atoms with Gasteiger partial charge in [0.2, 0.25) is 0 Å². The summed E-state index contributed by atoms with van der Waals surface area (Å²) in [5.74, 6) is 1.92. The summed E-state index contributed by atoms with van der Waals surface area (Å²) < 4.78 is 29.1. The van der Waals surface area contributed by atoms with E-state index >= 15 is 0 Å². The van der Waals surface area contributed by atoms with Crippen LogP contribution in [0.25, 0.3) is 0 Å². The molecular formula is C35H67NO5Si4. The minimum atomic E-state index is -2.00. The van der Waals surface area contributed by atoms with Gasteiger partial charge in [0.05, 0.1) is 18.3 Å². The third kappa shape index (κ3) is 7.78. The molecule has 258 valence electrons. The molecule has 0 aliphatic heterocycles. The van der Waals surface area contributed by atoms with Gasteiger partial charge in [0.1, 0.15) is 12.8 Å². The lowest BCUT2D eigenvalue weighted by atomic mass is 9.44. The highest BCUT2D eigenvalue weighted by atomic mass is 28.4. The maximum atomic E-state index is 7.66. The molecule has 0 N–H and O–H groups in total. The summed E-state index contributed by atoms with van der Waals surface area (Å²) >= 11 is 0. The Morgan fingerprint density at radius 3 is 2.09 bits per heavy atom. The number of hydrogen-bond acceptors (Lipinski definition) is 6. The molecule has 0 saturated heterocycles. The zero-order chi connectivity index (χ0) is 34.0. The molecule has 45 heavy (non-hydrogen) atoms. The molecule has 3 saturated carbocycles. The van der Waals surface area contributed by atoms with E-state index < -0.39 is 38.9 Å². The molecule has 9 atom stereocenters. The highest BCUT2D eigenvalue weighted by molar-refractivity contribution is 6.71. The third-order valence-electron chi connectivity index (χ3n) is 10.9. The molecule has 0 bridgehead atoms. The molecule has 0 radical (unpaired) electrons. The Morgan fingerprint density at radius 2 is 1.56 bits per heavy atom. The molecule has 3 fully saturated rings. The first-order chi connectivity index (χ1) is 20.3. The van der Waals surface area contributed by atoms with Crippen molar-refractivity contribution in [2.45, 2.75) is 143 Å². The van der Waals surface area contributed by atoms with E-state index in [1.807, 2.05) is 0 Å². The van der Waals surface area contributed by atoms with E-state index in [2.05, 4.69) is 123 Å². The molecule has 0 heterocycles. The van der Waals surface area contributed by atoms with Crippen LogP contribution in [0, 0.1) is 34.5 Å². The predicted octanol–water partition coefficient (Wildman–Crippen LogP) is 9.47. The molecule has 4 aliphatic carbocycles. The van der Waals surface area contributed by atoms with Gasteiger partial charge in [-0.3, -0.25) is 0 Å². The topological polar surface area (TPSA) is 58.5 Å². The lowest BCUT2D eigenvalue weighted by molar-refractivity contribution is -0.190. The lowest BCUT2D eigenvalue weighted by Gasteiger charge is -2.64. The smallest absolute Gasteiger partial charge is 0.184 e. The van der Waals surface area contributed by atoms with E-state index in [0.717, 1.165) is 18.6 Å². The number of fused-ring (bicyclic) bond motifs is 5. The molecular weight excluding hydrogens is 627 g/mol. The van der Waals surface area contributed by atoms with Crippen LogP contribution in [0.15, 0.2) is 29.0 Å². The van der Waals surface area contributed by atoms with Gasteiger partial charge in [-0.05, 0) is 140 Å². The van der Waals surface area contributed by atoms with Crippen molar-refractivity contribution >= 4 is 39.0 Å². The second-order valence-electron chi connectivity index (χ2n) is 19.0. The maximum absolute atomic E-state index is 7.66. The van der Waals surface area contributed by atoms with Crippen molar-refractivity contribution in [3.8, 4) is 0 Å². The Morgan fingerprint density at radius 1 is 0.911 bits per heavy atom. The quantitative estimate of drug-likeness (QED) is 0.159. The summed E-state index contributed by atoms with van der Waals surface area (Å²) in [5.41, 5.74) is 1.82. The Labute approximate surface area is 280 Å². The molecule has 7 unspecified atom stereocenters. The van der Waals surface area contributed by atoms with Crippen LogP contribution in [0.2, 0.25) is 78.6 Å². The summed E-state index contributed by atoms with van der Waals surface area (Å²) in [6, 6.07) is 0. The fourth-order valence-electron chi connectivity index (χ4n) is 9.80. The molecule has 0 aromatic rings. The normalized spacial score (nSPS) is 38.8. The van der Waals surface area contributed by atoms with Crippen LogP contribution in [-0.2, 0) is 22.5 Å². The predicted molar refractivity (Wildman–Crippen MR) is 199 cm³/mol. The van der Waals surface area contributed by atoms with Crippen molar-refractivity contribution in [3.63, 3.8) is 0 Å². The first-order valence-electron chi connectivity index (χ1n) is 17.6. The van der Waals surface area contributed by atoms with E-state index in [9.17, 15) is 0 Å². The van der Waals surface area contributed by atoms with Crippen LogP contribution in [0.3, 0.4) is 0 Å². The average molecular weight is 694 g/mol. The van der Waals surface area contributed by atoms with Crippen molar-refractivity contribution < 1.29 is 22.5 Å². The van der Waals surface area contributed by atoms with E-state index in [4.69, 9.17) is 22.5 Å². The Bertz CT molecular complexity index is 1180. The van der Waals surface area contributed by atoms with Crippen molar-refractivity contribution in [2.75, 3.05) is 13.7 Å². The van der Waals surface area contributed by atoms with Gasteiger partial charge in [0, 0.05) is 16.9 Å². The Hall–Kier alpha value is -0.342. The lowest BCUT2D eigenvalue weighted by Crippen LogP contribution is -2.68. The first-order valence-corrected chi connectivity index (χ1v) is 31.2. The molecule has 6 nitrogen and oxygen atoms in total. The first kappa shape index (κ1) is 37.5. The number of hydrogen-bond donors (Lipinski definition) is 0. The fourth-order valence-corrected chi connectivity index (χ4v) is 14.3. The molecule has 4 rings (SSSR count). The number of rotatable bonds is 11. The van der Waals surface area contributed by atoms with Crippen molar-refractivity contribution in [2.24, 2.45) is 39.7 Å². The zero-order valence-corrected chi connectivity index (χ0v) is 35.7.